The molecule has 1 aromatic heterocycles. The van der Waals surface area contributed by atoms with Crippen molar-refractivity contribution in [2.75, 3.05) is 26.2 Å². The number of rotatable bonds is 5. The van der Waals surface area contributed by atoms with Crippen LogP contribution in [0.1, 0.15) is 17.7 Å². The molecule has 112 valence electrons. The van der Waals surface area contributed by atoms with Crippen LogP contribution in [0.25, 0.3) is 0 Å². The Morgan fingerprint density at radius 1 is 1.55 bits per heavy atom. The monoisotopic (exact) mass is 423 g/mol. The van der Waals surface area contributed by atoms with Gasteiger partial charge in [-0.2, -0.15) is 0 Å². The molecular formula is C13H19Br2N3OS. The fraction of sp³-hybridized carbons (Fsp3) is 0.615. The molecule has 0 spiro atoms. The van der Waals surface area contributed by atoms with E-state index in [1.54, 1.807) is 11.3 Å². The van der Waals surface area contributed by atoms with Gasteiger partial charge in [0.05, 0.1) is 9.70 Å². The highest BCUT2D eigenvalue weighted by molar-refractivity contribution is 9.13. The van der Waals surface area contributed by atoms with E-state index in [0.717, 1.165) is 40.7 Å². The Hall–Kier alpha value is 0.0500. The second kappa shape index (κ2) is 7.89. The van der Waals surface area contributed by atoms with Crippen molar-refractivity contribution in [3.63, 3.8) is 0 Å². The first kappa shape index (κ1) is 16.4. The summed E-state index contributed by atoms with van der Waals surface area (Å²) in [6.07, 6.45) is 2.05. The largest absolute Gasteiger partial charge is 0.355 e. The van der Waals surface area contributed by atoms with Gasteiger partial charge in [0.15, 0.2) is 0 Å². The molecule has 0 radical (unpaired) electrons. The minimum absolute atomic E-state index is 0.0992. The molecule has 1 fully saturated rings. The van der Waals surface area contributed by atoms with Gasteiger partial charge in [-0.25, -0.2) is 0 Å². The number of carbonyl (C=O) groups is 1. The zero-order chi connectivity index (χ0) is 14.5. The number of nitrogens with zero attached hydrogens (tertiary/aromatic N) is 1. The lowest BCUT2D eigenvalue weighted by atomic mass is 9.97. The molecule has 1 atom stereocenters. The van der Waals surface area contributed by atoms with Crippen molar-refractivity contribution in [2.24, 2.45) is 11.7 Å². The minimum atomic E-state index is 0.0992. The number of hydrogen-bond acceptors (Lipinski definition) is 4. The molecule has 0 aromatic carbocycles. The molecule has 20 heavy (non-hydrogen) atoms. The highest BCUT2D eigenvalue weighted by Gasteiger charge is 2.25. The first-order valence-electron chi connectivity index (χ1n) is 6.74. The first-order chi connectivity index (χ1) is 9.60. The molecule has 1 unspecified atom stereocenters. The summed E-state index contributed by atoms with van der Waals surface area (Å²) in [5.41, 5.74) is 5.42. The highest BCUT2D eigenvalue weighted by Crippen LogP contribution is 2.33. The van der Waals surface area contributed by atoms with E-state index < -0.39 is 0 Å². The van der Waals surface area contributed by atoms with Gasteiger partial charge in [-0.15, -0.1) is 11.3 Å². The van der Waals surface area contributed by atoms with E-state index in [1.807, 2.05) is 0 Å². The summed E-state index contributed by atoms with van der Waals surface area (Å²) in [5, 5.41) is 2.90. The van der Waals surface area contributed by atoms with Gasteiger partial charge in [0, 0.05) is 35.5 Å². The molecule has 2 heterocycles. The lowest BCUT2D eigenvalue weighted by Gasteiger charge is -2.31. The zero-order valence-corrected chi connectivity index (χ0v) is 15.2. The van der Waals surface area contributed by atoms with E-state index in [9.17, 15) is 4.79 Å². The van der Waals surface area contributed by atoms with Crippen molar-refractivity contribution >= 4 is 49.1 Å². The van der Waals surface area contributed by atoms with Crippen LogP contribution in [-0.2, 0) is 11.3 Å². The van der Waals surface area contributed by atoms with E-state index in [1.165, 1.54) is 4.88 Å². The molecule has 0 bridgehead atoms. The van der Waals surface area contributed by atoms with Crippen molar-refractivity contribution < 1.29 is 4.79 Å². The molecule has 7 heteroatoms. The van der Waals surface area contributed by atoms with Gasteiger partial charge in [0.1, 0.15) is 0 Å². The molecule has 0 aliphatic carbocycles. The SMILES string of the molecule is NCCNC(=O)C1CCCN(Cc2cc(Br)c(Br)s2)C1. The molecule has 1 amide bonds. The lowest BCUT2D eigenvalue weighted by molar-refractivity contribution is -0.126. The second-order valence-electron chi connectivity index (χ2n) is 4.99. The predicted molar refractivity (Wildman–Crippen MR) is 89.8 cm³/mol. The maximum absolute atomic E-state index is 12.0. The van der Waals surface area contributed by atoms with Gasteiger partial charge in [0.25, 0.3) is 0 Å². The molecule has 1 aromatic rings. The van der Waals surface area contributed by atoms with E-state index in [2.05, 4.69) is 48.1 Å². The molecule has 1 aliphatic rings. The van der Waals surface area contributed by atoms with Gasteiger partial charge in [-0.1, -0.05) is 0 Å². The Bertz CT molecular complexity index is 447. The smallest absolute Gasteiger partial charge is 0.224 e. The van der Waals surface area contributed by atoms with Gasteiger partial charge < -0.3 is 11.1 Å². The van der Waals surface area contributed by atoms with Crippen LogP contribution in [0.3, 0.4) is 0 Å². The molecule has 4 nitrogen and oxygen atoms in total. The third-order valence-electron chi connectivity index (χ3n) is 3.40. The van der Waals surface area contributed by atoms with E-state index in [0.29, 0.717) is 13.1 Å². The number of thiophene rings is 1. The molecule has 1 aliphatic heterocycles. The molecule has 3 N–H and O–H groups in total. The van der Waals surface area contributed by atoms with Crippen LogP contribution in [0.4, 0.5) is 0 Å². The van der Waals surface area contributed by atoms with Crippen molar-refractivity contribution in [1.82, 2.24) is 10.2 Å². The maximum Gasteiger partial charge on any atom is 0.224 e. The summed E-state index contributed by atoms with van der Waals surface area (Å²) in [6.45, 7) is 3.88. The van der Waals surface area contributed by atoms with Crippen molar-refractivity contribution in [3.8, 4) is 0 Å². The quantitative estimate of drug-likeness (QED) is 0.763. The fourth-order valence-corrected chi connectivity index (χ4v) is 4.66. The zero-order valence-electron chi connectivity index (χ0n) is 11.2. The maximum atomic E-state index is 12.0. The summed E-state index contributed by atoms with van der Waals surface area (Å²) in [4.78, 5) is 15.7. The van der Waals surface area contributed by atoms with Gasteiger partial charge in [-0.05, 0) is 57.3 Å². The number of piperidine rings is 1. The van der Waals surface area contributed by atoms with E-state index >= 15 is 0 Å². The van der Waals surface area contributed by atoms with Crippen LogP contribution in [0.5, 0.6) is 0 Å². The standard InChI is InChI=1S/C13H19Br2N3OS/c14-11-6-10(20-12(11)15)8-18-5-1-2-9(7-18)13(19)17-4-3-16/h6,9H,1-5,7-8,16H2,(H,17,19). The van der Waals surface area contributed by atoms with Crippen molar-refractivity contribution in [2.45, 2.75) is 19.4 Å². The Labute approximate surface area is 140 Å². The van der Waals surface area contributed by atoms with Gasteiger partial charge in [0.2, 0.25) is 5.91 Å². The Kier molecular flexibility index (Phi) is 6.48. The average Bonchev–Trinajstić information content (AvgIpc) is 2.75. The number of nitrogens with one attached hydrogen (secondary N) is 1. The summed E-state index contributed by atoms with van der Waals surface area (Å²) < 4.78 is 2.23. The van der Waals surface area contributed by atoms with Gasteiger partial charge >= 0.3 is 0 Å². The normalized spacial score (nSPS) is 20.1. The summed E-state index contributed by atoms with van der Waals surface area (Å²) in [6, 6.07) is 2.15. The number of halogens is 2. The number of carbonyl (C=O) groups excluding carboxylic acids is 1. The number of hydrogen-bond donors (Lipinski definition) is 2. The van der Waals surface area contributed by atoms with Crippen LogP contribution in [0.2, 0.25) is 0 Å². The van der Waals surface area contributed by atoms with Crippen LogP contribution in [0.15, 0.2) is 14.3 Å². The van der Waals surface area contributed by atoms with Crippen LogP contribution < -0.4 is 11.1 Å². The van der Waals surface area contributed by atoms with Crippen molar-refractivity contribution in [3.05, 3.63) is 19.2 Å². The van der Waals surface area contributed by atoms with Crippen LogP contribution in [-0.4, -0.2) is 37.0 Å². The molecule has 1 saturated heterocycles. The average molecular weight is 425 g/mol. The van der Waals surface area contributed by atoms with Crippen LogP contribution >= 0.6 is 43.2 Å². The van der Waals surface area contributed by atoms with E-state index in [-0.39, 0.29) is 11.8 Å². The predicted octanol–water partition coefficient (Wildman–Crippen LogP) is 2.56. The van der Waals surface area contributed by atoms with E-state index in [4.69, 9.17) is 5.73 Å². The fourth-order valence-electron chi connectivity index (χ4n) is 2.44. The lowest BCUT2D eigenvalue weighted by Crippen LogP contribution is -2.43. The number of likely N-dealkylation sites (tertiary alicyclic amines) is 1. The Morgan fingerprint density at radius 3 is 3.00 bits per heavy atom. The summed E-state index contributed by atoms with van der Waals surface area (Å²) in [7, 11) is 0. The summed E-state index contributed by atoms with van der Waals surface area (Å²) >= 11 is 8.78. The number of amides is 1. The second-order valence-corrected chi connectivity index (χ2v) is 8.30. The highest BCUT2D eigenvalue weighted by atomic mass is 79.9. The summed E-state index contributed by atoms with van der Waals surface area (Å²) in [5.74, 6) is 0.246. The Balaban J connectivity index is 1.88. The van der Waals surface area contributed by atoms with Crippen LogP contribution in [0, 0.1) is 5.92 Å². The Morgan fingerprint density at radius 2 is 2.35 bits per heavy atom. The van der Waals surface area contributed by atoms with Gasteiger partial charge in [-0.3, -0.25) is 9.69 Å². The topological polar surface area (TPSA) is 58.4 Å². The third kappa shape index (κ3) is 4.53. The molecule has 0 saturated carbocycles. The first-order valence-corrected chi connectivity index (χ1v) is 9.14. The third-order valence-corrected chi connectivity index (χ3v) is 6.64. The molecule has 2 rings (SSSR count). The minimum Gasteiger partial charge on any atom is -0.355 e. The van der Waals surface area contributed by atoms with Crippen molar-refractivity contribution in [1.29, 1.82) is 0 Å². The number of nitrogens with two attached hydrogens (primary N) is 1. The molecular weight excluding hydrogens is 406 g/mol.